The highest BCUT2D eigenvalue weighted by Gasteiger charge is 2.17. The van der Waals surface area contributed by atoms with Crippen molar-refractivity contribution in [2.45, 2.75) is 6.61 Å². The van der Waals surface area contributed by atoms with Gasteiger partial charge in [0.1, 0.15) is 24.1 Å². The number of nitrogens with zero attached hydrogens (tertiary/aromatic N) is 2. The molecular formula is C20H15N3O3. The fourth-order valence-corrected chi connectivity index (χ4v) is 2.57. The summed E-state index contributed by atoms with van der Waals surface area (Å²) in [6.45, 7) is 0.0224. The average molecular weight is 345 g/mol. The summed E-state index contributed by atoms with van der Waals surface area (Å²) in [5.74, 6) is 0.0202. The Morgan fingerprint density at radius 3 is 2.42 bits per heavy atom. The third-order valence-corrected chi connectivity index (χ3v) is 3.85. The van der Waals surface area contributed by atoms with Gasteiger partial charge < -0.3 is 9.15 Å². The van der Waals surface area contributed by atoms with E-state index in [1.807, 2.05) is 60.7 Å². The highest BCUT2D eigenvalue weighted by molar-refractivity contribution is 5.95. The van der Waals surface area contributed by atoms with Crippen LogP contribution < -0.4 is 0 Å². The van der Waals surface area contributed by atoms with Crippen molar-refractivity contribution in [3.8, 4) is 22.7 Å². The first-order chi connectivity index (χ1) is 12.8. The zero-order chi connectivity index (χ0) is 17.8. The van der Waals surface area contributed by atoms with Crippen molar-refractivity contribution in [2.75, 3.05) is 0 Å². The average Bonchev–Trinajstić information content (AvgIpc) is 3.37. The molecule has 128 valence electrons. The largest absolute Gasteiger partial charge is 0.455 e. The fourth-order valence-electron chi connectivity index (χ4n) is 2.57. The summed E-state index contributed by atoms with van der Waals surface area (Å²) in [4.78, 5) is 16.8. The van der Waals surface area contributed by atoms with E-state index in [0.29, 0.717) is 22.8 Å². The summed E-state index contributed by atoms with van der Waals surface area (Å²) in [7, 11) is 0. The van der Waals surface area contributed by atoms with Gasteiger partial charge in [-0.05, 0) is 12.1 Å². The number of aromatic nitrogens is 3. The zero-order valence-corrected chi connectivity index (χ0v) is 13.8. The van der Waals surface area contributed by atoms with Crippen molar-refractivity contribution < 1.29 is 13.9 Å². The summed E-state index contributed by atoms with van der Waals surface area (Å²) in [6, 6.07) is 19.0. The van der Waals surface area contributed by atoms with E-state index in [1.165, 1.54) is 12.5 Å². The standard InChI is InChI=1S/C20H15N3O3/c24-20(17-11-21-23-18(17)14-7-3-1-4-8-14)26-13-16-12-25-19(22-16)15-9-5-2-6-10-15/h1-12H,13H2,(H,21,23). The van der Waals surface area contributed by atoms with Gasteiger partial charge in [-0.25, -0.2) is 9.78 Å². The molecule has 0 saturated heterocycles. The van der Waals surface area contributed by atoms with Crippen LogP contribution in [0.25, 0.3) is 22.7 Å². The number of carbonyl (C=O) groups excluding carboxylic acids is 1. The van der Waals surface area contributed by atoms with E-state index in [1.54, 1.807) is 0 Å². The van der Waals surface area contributed by atoms with Crippen LogP contribution in [0, 0.1) is 0 Å². The summed E-state index contributed by atoms with van der Waals surface area (Å²) >= 11 is 0. The molecule has 0 bridgehead atoms. The molecule has 26 heavy (non-hydrogen) atoms. The van der Waals surface area contributed by atoms with E-state index in [2.05, 4.69) is 15.2 Å². The van der Waals surface area contributed by atoms with Crippen molar-refractivity contribution in [3.63, 3.8) is 0 Å². The minimum absolute atomic E-state index is 0.0224. The molecule has 1 N–H and O–H groups in total. The molecule has 0 spiro atoms. The van der Waals surface area contributed by atoms with E-state index in [4.69, 9.17) is 9.15 Å². The lowest BCUT2D eigenvalue weighted by Crippen LogP contribution is -2.06. The van der Waals surface area contributed by atoms with Crippen LogP contribution in [-0.2, 0) is 11.3 Å². The number of hydrogen-bond acceptors (Lipinski definition) is 5. The second kappa shape index (κ2) is 7.06. The van der Waals surface area contributed by atoms with Crippen LogP contribution in [0.3, 0.4) is 0 Å². The Kier molecular flexibility index (Phi) is 4.30. The topological polar surface area (TPSA) is 81.0 Å². The molecule has 0 saturated carbocycles. The number of aromatic amines is 1. The smallest absolute Gasteiger partial charge is 0.342 e. The maximum Gasteiger partial charge on any atom is 0.342 e. The zero-order valence-electron chi connectivity index (χ0n) is 13.8. The quantitative estimate of drug-likeness (QED) is 0.551. The van der Waals surface area contributed by atoms with Crippen LogP contribution in [0.5, 0.6) is 0 Å². The molecule has 0 aliphatic carbocycles. The van der Waals surface area contributed by atoms with E-state index >= 15 is 0 Å². The van der Waals surface area contributed by atoms with Crippen LogP contribution in [0.1, 0.15) is 16.1 Å². The predicted octanol–water partition coefficient (Wildman–Crippen LogP) is 4.09. The molecule has 0 radical (unpaired) electrons. The van der Waals surface area contributed by atoms with E-state index in [9.17, 15) is 4.79 Å². The first-order valence-corrected chi connectivity index (χ1v) is 8.07. The van der Waals surface area contributed by atoms with Crippen LogP contribution in [-0.4, -0.2) is 21.2 Å². The summed E-state index contributed by atoms with van der Waals surface area (Å²) < 4.78 is 10.8. The first-order valence-electron chi connectivity index (χ1n) is 8.07. The Bertz CT molecular complexity index is 1010. The molecule has 2 aromatic heterocycles. The molecular weight excluding hydrogens is 330 g/mol. The number of rotatable bonds is 5. The molecule has 2 heterocycles. The minimum Gasteiger partial charge on any atom is -0.455 e. The van der Waals surface area contributed by atoms with Crippen molar-refractivity contribution in [2.24, 2.45) is 0 Å². The molecule has 0 amide bonds. The van der Waals surface area contributed by atoms with Gasteiger partial charge in [0.2, 0.25) is 5.89 Å². The van der Waals surface area contributed by atoms with E-state index < -0.39 is 5.97 Å². The number of carbonyl (C=O) groups is 1. The molecule has 4 aromatic rings. The number of benzene rings is 2. The molecule has 2 aromatic carbocycles. The van der Waals surface area contributed by atoms with Crippen molar-refractivity contribution in [3.05, 3.63) is 84.4 Å². The van der Waals surface area contributed by atoms with Crippen LogP contribution in [0.4, 0.5) is 0 Å². The lowest BCUT2D eigenvalue weighted by atomic mass is 10.1. The minimum atomic E-state index is -0.470. The van der Waals surface area contributed by atoms with E-state index in [-0.39, 0.29) is 6.61 Å². The van der Waals surface area contributed by atoms with Gasteiger partial charge in [0, 0.05) is 11.1 Å². The van der Waals surface area contributed by atoms with Gasteiger partial charge in [-0.1, -0.05) is 48.5 Å². The summed E-state index contributed by atoms with van der Waals surface area (Å²) in [5.41, 5.74) is 3.28. The number of H-pyrrole nitrogens is 1. The predicted molar refractivity (Wildman–Crippen MR) is 95.1 cm³/mol. The molecule has 6 nitrogen and oxygen atoms in total. The number of nitrogens with one attached hydrogen (secondary N) is 1. The van der Waals surface area contributed by atoms with Crippen LogP contribution in [0.15, 0.2) is 77.5 Å². The van der Waals surface area contributed by atoms with Crippen molar-refractivity contribution in [1.82, 2.24) is 15.2 Å². The fraction of sp³-hybridized carbons (Fsp3) is 0.0500. The number of ether oxygens (including phenoxy) is 1. The van der Waals surface area contributed by atoms with Gasteiger partial charge in [-0.3, -0.25) is 5.10 Å². The Labute approximate surface area is 149 Å². The van der Waals surface area contributed by atoms with Gasteiger partial charge in [-0.15, -0.1) is 0 Å². The summed E-state index contributed by atoms with van der Waals surface area (Å²) in [5, 5.41) is 6.80. The van der Waals surface area contributed by atoms with Crippen LogP contribution in [0.2, 0.25) is 0 Å². The van der Waals surface area contributed by atoms with Gasteiger partial charge in [0.05, 0.1) is 11.9 Å². The normalized spacial score (nSPS) is 10.6. The second-order valence-electron chi connectivity index (χ2n) is 5.61. The third kappa shape index (κ3) is 3.25. The molecule has 0 aliphatic heterocycles. The summed E-state index contributed by atoms with van der Waals surface area (Å²) in [6.07, 6.45) is 2.95. The van der Waals surface area contributed by atoms with Gasteiger partial charge in [-0.2, -0.15) is 5.10 Å². The SMILES string of the molecule is O=C(OCc1coc(-c2ccccc2)n1)c1cn[nH]c1-c1ccccc1. The highest BCUT2D eigenvalue weighted by Crippen LogP contribution is 2.22. The van der Waals surface area contributed by atoms with Gasteiger partial charge in [0.25, 0.3) is 0 Å². The molecule has 0 atom stereocenters. The molecule has 6 heteroatoms. The Morgan fingerprint density at radius 2 is 1.69 bits per heavy atom. The second-order valence-corrected chi connectivity index (χ2v) is 5.61. The van der Waals surface area contributed by atoms with Crippen molar-refractivity contribution >= 4 is 5.97 Å². The van der Waals surface area contributed by atoms with E-state index in [0.717, 1.165) is 11.1 Å². The maximum absolute atomic E-state index is 12.4. The first kappa shape index (κ1) is 15.8. The number of hydrogen-bond donors (Lipinski definition) is 1. The lowest BCUT2D eigenvalue weighted by Gasteiger charge is -2.03. The van der Waals surface area contributed by atoms with Crippen LogP contribution >= 0.6 is 0 Å². The molecule has 0 aliphatic rings. The van der Waals surface area contributed by atoms with Gasteiger partial charge >= 0.3 is 5.97 Å². The maximum atomic E-state index is 12.4. The Hall–Kier alpha value is -3.67. The Balaban J connectivity index is 1.46. The number of esters is 1. The lowest BCUT2D eigenvalue weighted by molar-refractivity contribution is 0.0469. The third-order valence-electron chi connectivity index (χ3n) is 3.85. The molecule has 0 fully saturated rings. The van der Waals surface area contributed by atoms with Crippen molar-refractivity contribution in [1.29, 1.82) is 0 Å². The monoisotopic (exact) mass is 345 g/mol. The molecule has 0 unspecified atom stereocenters. The van der Waals surface area contributed by atoms with Gasteiger partial charge in [0.15, 0.2) is 0 Å². The Morgan fingerprint density at radius 1 is 1.00 bits per heavy atom. The molecule has 4 rings (SSSR count). The number of oxazole rings is 1. The highest BCUT2D eigenvalue weighted by atomic mass is 16.5.